The summed E-state index contributed by atoms with van der Waals surface area (Å²) in [6.45, 7) is 2.00. The Balaban J connectivity index is 1.31. The summed E-state index contributed by atoms with van der Waals surface area (Å²) in [5.74, 6) is -0.653. The van der Waals surface area contributed by atoms with Gasteiger partial charge >= 0.3 is 6.18 Å². The Labute approximate surface area is 257 Å². The Kier molecular flexibility index (Phi) is 9.22. The highest BCUT2D eigenvalue weighted by molar-refractivity contribution is 6.08. The van der Waals surface area contributed by atoms with Gasteiger partial charge in [0.15, 0.2) is 0 Å². The molecule has 0 radical (unpaired) electrons. The molecule has 45 heavy (non-hydrogen) atoms. The van der Waals surface area contributed by atoms with Crippen molar-refractivity contribution >= 4 is 34.4 Å². The minimum Gasteiger partial charge on any atom is -0.354 e. The molecule has 0 spiro atoms. The first kappa shape index (κ1) is 30.9. The number of hydrogen-bond acceptors (Lipinski definition) is 4. The van der Waals surface area contributed by atoms with Gasteiger partial charge in [0.1, 0.15) is 5.82 Å². The standard InChI is InChI=1S/C35H29F3N4O3/c1-2-32(43)39-21-30(23-8-4-3-5-9-23)41-33(44)25-14-18-29-24(20-25)15-19-31(40-29)42-34(45)28-11-7-6-10-27(28)22-12-16-26(17-13-22)35(36,37)38/h3-20,30H,2,21H2,1H3,(H,39,43)(H,41,44)(H,40,42,45). The van der Waals surface area contributed by atoms with Crippen LogP contribution in [0, 0.1) is 0 Å². The van der Waals surface area contributed by atoms with Crippen molar-refractivity contribution in [1.82, 2.24) is 15.6 Å². The van der Waals surface area contributed by atoms with Crippen LogP contribution in [0.2, 0.25) is 0 Å². The third-order valence-electron chi connectivity index (χ3n) is 7.22. The Bertz CT molecular complexity index is 1840. The topological polar surface area (TPSA) is 100 Å². The number of carbonyl (C=O) groups is 3. The molecular formula is C35H29F3N4O3. The van der Waals surface area contributed by atoms with E-state index in [-0.39, 0.29) is 29.7 Å². The predicted octanol–water partition coefficient (Wildman–Crippen LogP) is 7.17. The highest BCUT2D eigenvalue weighted by atomic mass is 19.4. The zero-order valence-electron chi connectivity index (χ0n) is 24.2. The highest BCUT2D eigenvalue weighted by Gasteiger charge is 2.30. The summed E-state index contributed by atoms with van der Waals surface area (Å²) in [7, 11) is 0. The second-order valence-corrected chi connectivity index (χ2v) is 10.3. The lowest BCUT2D eigenvalue weighted by Crippen LogP contribution is -2.37. The van der Waals surface area contributed by atoms with Crippen LogP contribution in [-0.4, -0.2) is 29.3 Å². The van der Waals surface area contributed by atoms with Crippen molar-refractivity contribution < 1.29 is 27.6 Å². The Morgan fingerprint density at radius 3 is 2.22 bits per heavy atom. The summed E-state index contributed by atoms with van der Waals surface area (Å²) >= 11 is 0. The summed E-state index contributed by atoms with van der Waals surface area (Å²) in [6.07, 6.45) is -4.12. The van der Waals surface area contributed by atoms with E-state index in [9.17, 15) is 27.6 Å². The number of amides is 3. The second-order valence-electron chi connectivity index (χ2n) is 10.3. The molecule has 3 N–H and O–H groups in total. The van der Waals surface area contributed by atoms with Crippen LogP contribution in [0.25, 0.3) is 22.0 Å². The van der Waals surface area contributed by atoms with Crippen molar-refractivity contribution in [3.05, 3.63) is 131 Å². The number of fused-ring (bicyclic) bond motifs is 1. The van der Waals surface area contributed by atoms with Gasteiger partial charge in [0.05, 0.1) is 17.1 Å². The maximum Gasteiger partial charge on any atom is 0.416 e. The number of alkyl halides is 3. The molecule has 1 atom stereocenters. The predicted molar refractivity (Wildman–Crippen MR) is 167 cm³/mol. The molecule has 7 nitrogen and oxygen atoms in total. The lowest BCUT2D eigenvalue weighted by atomic mass is 9.98. The van der Waals surface area contributed by atoms with Gasteiger partial charge in [-0.1, -0.05) is 67.6 Å². The molecule has 5 rings (SSSR count). The highest BCUT2D eigenvalue weighted by Crippen LogP contribution is 2.32. The number of rotatable bonds is 9. The van der Waals surface area contributed by atoms with E-state index < -0.39 is 23.7 Å². The molecule has 0 saturated carbocycles. The Hall–Kier alpha value is -5.51. The molecule has 4 aromatic carbocycles. The first-order chi connectivity index (χ1) is 21.6. The van der Waals surface area contributed by atoms with Crippen LogP contribution in [0.15, 0.2) is 109 Å². The molecule has 1 unspecified atom stereocenters. The lowest BCUT2D eigenvalue weighted by molar-refractivity contribution is -0.137. The number of hydrogen-bond donors (Lipinski definition) is 3. The number of benzene rings is 4. The molecule has 3 amide bonds. The van der Waals surface area contributed by atoms with Crippen LogP contribution in [0.1, 0.15) is 51.2 Å². The van der Waals surface area contributed by atoms with Crippen LogP contribution < -0.4 is 16.0 Å². The number of aromatic nitrogens is 1. The van der Waals surface area contributed by atoms with Gasteiger partial charge in [0, 0.05) is 29.5 Å². The van der Waals surface area contributed by atoms with Gasteiger partial charge in [-0.25, -0.2) is 4.98 Å². The largest absolute Gasteiger partial charge is 0.416 e. The number of nitrogens with zero attached hydrogens (tertiary/aromatic N) is 1. The zero-order chi connectivity index (χ0) is 32.0. The van der Waals surface area contributed by atoms with Gasteiger partial charge in [-0.3, -0.25) is 14.4 Å². The molecular weight excluding hydrogens is 581 g/mol. The van der Waals surface area contributed by atoms with E-state index >= 15 is 0 Å². The molecule has 0 bridgehead atoms. The van der Waals surface area contributed by atoms with Crippen LogP contribution >= 0.6 is 0 Å². The van der Waals surface area contributed by atoms with Gasteiger partial charge in [0.25, 0.3) is 11.8 Å². The molecule has 5 aromatic rings. The first-order valence-electron chi connectivity index (χ1n) is 14.2. The maximum absolute atomic E-state index is 13.2. The molecule has 228 valence electrons. The van der Waals surface area contributed by atoms with Crippen molar-refractivity contribution in [2.75, 3.05) is 11.9 Å². The van der Waals surface area contributed by atoms with Crippen LogP contribution in [0.3, 0.4) is 0 Å². The molecule has 1 aromatic heterocycles. The second kappa shape index (κ2) is 13.4. The molecule has 10 heteroatoms. The van der Waals surface area contributed by atoms with Crippen molar-refractivity contribution in [3.63, 3.8) is 0 Å². The average Bonchev–Trinajstić information content (AvgIpc) is 3.06. The van der Waals surface area contributed by atoms with Crippen molar-refractivity contribution in [2.24, 2.45) is 0 Å². The van der Waals surface area contributed by atoms with E-state index in [4.69, 9.17) is 0 Å². The van der Waals surface area contributed by atoms with E-state index in [1.165, 1.54) is 12.1 Å². The fourth-order valence-corrected chi connectivity index (χ4v) is 4.81. The molecule has 0 aliphatic rings. The smallest absolute Gasteiger partial charge is 0.354 e. The zero-order valence-corrected chi connectivity index (χ0v) is 24.2. The van der Waals surface area contributed by atoms with Gasteiger partial charge in [-0.15, -0.1) is 0 Å². The molecule has 1 heterocycles. The van der Waals surface area contributed by atoms with E-state index in [0.717, 1.165) is 17.7 Å². The van der Waals surface area contributed by atoms with Gasteiger partial charge in [0.2, 0.25) is 5.91 Å². The van der Waals surface area contributed by atoms with Crippen molar-refractivity contribution in [3.8, 4) is 11.1 Å². The monoisotopic (exact) mass is 610 g/mol. The summed E-state index contributed by atoms with van der Waals surface area (Å²) in [5.41, 5.74) is 2.23. The number of anilines is 1. The number of halogens is 3. The minimum absolute atomic E-state index is 0.118. The third kappa shape index (κ3) is 7.53. The van der Waals surface area contributed by atoms with Crippen LogP contribution in [0.5, 0.6) is 0 Å². The maximum atomic E-state index is 13.2. The Morgan fingerprint density at radius 2 is 1.51 bits per heavy atom. The van der Waals surface area contributed by atoms with Gasteiger partial charge in [-0.2, -0.15) is 13.2 Å². The minimum atomic E-state index is -4.46. The van der Waals surface area contributed by atoms with Crippen LogP contribution in [0.4, 0.5) is 19.0 Å². The first-order valence-corrected chi connectivity index (χ1v) is 14.2. The summed E-state index contributed by atoms with van der Waals surface area (Å²) in [5, 5.41) is 9.25. The molecule has 0 aliphatic carbocycles. The molecule has 0 aliphatic heterocycles. The molecule has 0 saturated heterocycles. The van der Waals surface area contributed by atoms with Crippen molar-refractivity contribution in [1.29, 1.82) is 0 Å². The lowest BCUT2D eigenvalue weighted by Gasteiger charge is -2.20. The van der Waals surface area contributed by atoms with E-state index in [1.54, 1.807) is 61.5 Å². The quantitative estimate of drug-likeness (QED) is 0.165. The SMILES string of the molecule is CCC(=O)NCC(NC(=O)c1ccc2nc(NC(=O)c3ccccc3-c3ccc(C(F)(F)F)cc3)ccc2c1)c1ccccc1. The van der Waals surface area contributed by atoms with Gasteiger partial charge < -0.3 is 16.0 Å². The summed E-state index contributed by atoms with van der Waals surface area (Å²) in [6, 6.07) is 28.5. The van der Waals surface area contributed by atoms with E-state index in [1.807, 2.05) is 30.3 Å². The normalized spacial score (nSPS) is 11.9. The van der Waals surface area contributed by atoms with E-state index in [2.05, 4.69) is 20.9 Å². The fourth-order valence-electron chi connectivity index (χ4n) is 4.81. The molecule has 0 fully saturated rings. The number of nitrogens with one attached hydrogen (secondary N) is 3. The van der Waals surface area contributed by atoms with Gasteiger partial charge in [-0.05, 0) is 65.2 Å². The number of pyridine rings is 1. The Morgan fingerprint density at radius 1 is 0.800 bits per heavy atom. The average molecular weight is 611 g/mol. The van der Waals surface area contributed by atoms with Crippen LogP contribution in [-0.2, 0) is 11.0 Å². The number of carbonyl (C=O) groups excluding carboxylic acids is 3. The summed E-state index contributed by atoms with van der Waals surface area (Å²) in [4.78, 5) is 42.8. The van der Waals surface area contributed by atoms with E-state index in [0.29, 0.717) is 34.0 Å². The van der Waals surface area contributed by atoms with Crippen molar-refractivity contribution in [2.45, 2.75) is 25.6 Å². The fraction of sp³-hybridized carbons (Fsp3) is 0.143. The summed E-state index contributed by atoms with van der Waals surface area (Å²) < 4.78 is 39.1. The third-order valence-corrected chi connectivity index (χ3v) is 7.22.